The quantitative estimate of drug-likeness (QED) is 0.822. The van der Waals surface area contributed by atoms with Crippen LogP contribution in [0.5, 0.6) is 0 Å². The van der Waals surface area contributed by atoms with Crippen LogP contribution in [0, 0.1) is 18.6 Å². The fraction of sp³-hybridized carbons (Fsp3) is 0.278. The number of sulfonamides is 1. The van der Waals surface area contributed by atoms with Crippen LogP contribution in [-0.4, -0.2) is 49.7 Å². The van der Waals surface area contributed by atoms with Gasteiger partial charge in [0.25, 0.3) is 5.91 Å². The van der Waals surface area contributed by atoms with Crippen molar-refractivity contribution in [1.82, 2.24) is 9.21 Å². The Balaban J connectivity index is 1.72. The van der Waals surface area contributed by atoms with E-state index in [-0.39, 0.29) is 37.0 Å². The molecule has 0 bridgehead atoms. The molecule has 0 saturated carbocycles. The van der Waals surface area contributed by atoms with Gasteiger partial charge in [-0.15, -0.1) is 0 Å². The van der Waals surface area contributed by atoms with E-state index in [4.69, 9.17) is 0 Å². The second-order valence-electron chi connectivity index (χ2n) is 6.11. The summed E-state index contributed by atoms with van der Waals surface area (Å²) in [4.78, 5) is 13.9. The number of carbonyl (C=O) groups is 1. The lowest BCUT2D eigenvalue weighted by molar-refractivity contribution is 0.0698. The Labute approximate surface area is 150 Å². The molecule has 0 radical (unpaired) electrons. The van der Waals surface area contributed by atoms with E-state index >= 15 is 0 Å². The largest absolute Gasteiger partial charge is 0.336 e. The van der Waals surface area contributed by atoms with Crippen molar-refractivity contribution in [2.75, 3.05) is 26.2 Å². The maximum atomic E-state index is 13.5. The zero-order valence-electron chi connectivity index (χ0n) is 14.2. The van der Waals surface area contributed by atoms with Crippen LogP contribution in [0.4, 0.5) is 8.78 Å². The number of nitrogens with zero attached hydrogens (tertiary/aromatic N) is 2. The maximum absolute atomic E-state index is 13.5. The number of hydrogen-bond donors (Lipinski definition) is 0. The summed E-state index contributed by atoms with van der Waals surface area (Å²) >= 11 is 0. The molecule has 138 valence electrons. The van der Waals surface area contributed by atoms with Crippen LogP contribution >= 0.6 is 0 Å². The topological polar surface area (TPSA) is 57.7 Å². The van der Waals surface area contributed by atoms with Crippen LogP contribution in [-0.2, 0) is 10.0 Å². The van der Waals surface area contributed by atoms with E-state index < -0.39 is 21.7 Å². The number of halogens is 2. The molecule has 1 aliphatic heterocycles. The average Bonchev–Trinajstić information content (AvgIpc) is 2.64. The second kappa shape index (κ2) is 7.13. The van der Waals surface area contributed by atoms with Gasteiger partial charge in [-0.05, 0) is 48.9 Å². The standard InChI is InChI=1S/C18H18F2N2O3S/c1-13-2-5-16(20)12-17(13)26(24,25)22-10-8-21(9-11-22)18(23)14-3-6-15(19)7-4-14/h2-7,12H,8-11H2,1H3. The normalized spacial score (nSPS) is 15.9. The SMILES string of the molecule is Cc1ccc(F)cc1S(=O)(=O)N1CCN(C(=O)c2ccc(F)cc2)CC1. The lowest BCUT2D eigenvalue weighted by Crippen LogP contribution is -2.50. The maximum Gasteiger partial charge on any atom is 0.253 e. The minimum atomic E-state index is -3.83. The van der Waals surface area contributed by atoms with Crippen LogP contribution in [0.15, 0.2) is 47.4 Å². The summed E-state index contributed by atoms with van der Waals surface area (Å²) in [5, 5.41) is 0. The number of carbonyl (C=O) groups excluding carboxylic acids is 1. The molecule has 26 heavy (non-hydrogen) atoms. The first-order chi connectivity index (χ1) is 12.3. The first-order valence-corrected chi connectivity index (χ1v) is 9.54. The molecule has 0 N–H and O–H groups in total. The van der Waals surface area contributed by atoms with E-state index in [2.05, 4.69) is 0 Å². The lowest BCUT2D eigenvalue weighted by Gasteiger charge is -2.34. The molecule has 0 spiro atoms. The number of aryl methyl sites for hydroxylation is 1. The molecule has 2 aromatic carbocycles. The highest BCUT2D eigenvalue weighted by Gasteiger charge is 2.31. The predicted molar refractivity (Wildman–Crippen MR) is 92.2 cm³/mol. The summed E-state index contributed by atoms with van der Waals surface area (Å²) in [6.45, 7) is 2.27. The Hall–Kier alpha value is -2.32. The predicted octanol–water partition coefficient (Wildman–Crippen LogP) is 2.42. The van der Waals surface area contributed by atoms with Gasteiger partial charge in [0.1, 0.15) is 11.6 Å². The van der Waals surface area contributed by atoms with Crippen LogP contribution in [0.25, 0.3) is 0 Å². The van der Waals surface area contributed by atoms with Gasteiger partial charge < -0.3 is 4.90 Å². The Kier molecular flexibility index (Phi) is 5.06. The Bertz CT molecular complexity index is 922. The molecular formula is C18H18F2N2O3S. The Morgan fingerprint density at radius 1 is 0.923 bits per heavy atom. The second-order valence-corrected chi connectivity index (χ2v) is 8.02. The summed E-state index contributed by atoms with van der Waals surface area (Å²) in [6.07, 6.45) is 0. The molecule has 1 saturated heterocycles. The molecule has 0 aromatic heterocycles. The van der Waals surface area contributed by atoms with Crippen LogP contribution in [0.2, 0.25) is 0 Å². The lowest BCUT2D eigenvalue weighted by atomic mass is 10.2. The van der Waals surface area contributed by atoms with Crippen molar-refractivity contribution < 1.29 is 22.0 Å². The molecule has 2 aromatic rings. The van der Waals surface area contributed by atoms with Crippen LogP contribution in [0.1, 0.15) is 15.9 Å². The molecule has 5 nitrogen and oxygen atoms in total. The number of benzene rings is 2. The minimum Gasteiger partial charge on any atom is -0.336 e. The van der Waals surface area contributed by atoms with Crippen molar-refractivity contribution in [3.8, 4) is 0 Å². The number of piperazine rings is 1. The van der Waals surface area contributed by atoms with E-state index in [0.29, 0.717) is 11.1 Å². The van der Waals surface area contributed by atoms with E-state index in [1.807, 2.05) is 0 Å². The van der Waals surface area contributed by atoms with Gasteiger partial charge in [-0.2, -0.15) is 4.31 Å². The van der Waals surface area contributed by atoms with Crippen molar-refractivity contribution in [3.05, 3.63) is 65.2 Å². The van der Waals surface area contributed by atoms with E-state index in [0.717, 1.165) is 6.07 Å². The monoisotopic (exact) mass is 380 g/mol. The molecule has 3 rings (SSSR count). The zero-order valence-corrected chi connectivity index (χ0v) is 15.0. The molecule has 0 aliphatic carbocycles. The number of amides is 1. The molecule has 0 atom stereocenters. The highest BCUT2D eigenvalue weighted by atomic mass is 32.2. The first-order valence-electron chi connectivity index (χ1n) is 8.10. The van der Waals surface area contributed by atoms with Crippen molar-refractivity contribution in [3.63, 3.8) is 0 Å². The van der Waals surface area contributed by atoms with Crippen LogP contribution < -0.4 is 0 Å². The first kappa shape index (κ1) is 18.5. The molecule has 1 heterocycles. The van der Waals surface area contributed by atoms with Gasteiger partial charge in [0, 0.05) is 31.7 Å². The van der Waals surface area contributed by atoms with Gasteiger partial charge >= 0.3 is 0 Å². The Morgan fingerprint density at radius 3 is 2.12 bits per heavy atom. The van der Waals surface area contributed by atoms with Gasteiger partial charge in [0.15, 0.2) is 0 Å². The zero-order chi connectivity index (χ0) is 18.9. The highest BCUT2D eigenvalue weighted by Crippen LogP contribution is 2.22. The summed E-state index contributed by atoms with van der Waals surface area (Å²) in [7, 11) is -3.83. The van der Waals surface area contributed by atoms with E-state index in [9.17, 15) is 22.0 Å². The average molecular weight is 380 g/mol. The molecule has 1 amide bonds. The van der Waals surface area contributed by atoms with Gasteiger partial charge in [-0.25, -0.2) is 17.2 Å². The van der Waals surface area contributed by atoms with E-state index in [1.54, 1.807) is 6.92 Å². The van der Waals surface area contributed by atoms with Crippen molar-refractivity contribution in [2.45, 2.75) is 11.8 Å². The van der Waals surface area contributed by atoms with Crippen molar-refractivity contribution in [1.29, 1.82) is 0 Å². The minimum absolute atomic E-state index is 0.0594. The third kappa shape index (κ3) is 3.61. The summed E-state index contributed by atoms with van der Waals surface area (Å²) in [5.74, 6) is -1.31. The fourth-order valence-corrected chi connectivity index (χ4v) is 4.56. The summed E-state index contributed by atoms with van der Waals surface area (Å²) in [6, 6.07) is 8.88. The molecule has 1 aliphatic rings. The van der Waals surface area contributed by atoms with Gasteiger partial charge in [-0.1, -0.05) is 6.07 Å². The third-order valence-electron chi connectivity index (χ3n) is 4.39. The number of hydrogen-bond acceptors (Lipinski definition) is 3. The molecule has 1 fully saturated rings. The summed E-state index contributed by atoms with van der Waals surface area (Å²) in [5.41, 5.74) is 0.819. The van der Waals surface area contributed by atoms with Gasteiger partial charge in [0.2, 0.25) is 10.0 Å². The van der Waals surface area contributed by atoms with Gasteiger partial charge in [-0.3, -0.25) is 4.79 Å². The van der Waals surface area contributed by atoms with Gasteiger partial charge in [0.05, 0.1) is 4.90 Å². The smallest absolute Gasteiger partial charge is 0.253 e. The molecular weight excluding hydrogens is 362 g/mol. The van der Waals surface area contributed by atoms with Crippen LogP contribution in [0.3, 0.4) is 0 Å². The fourth-order valence-electron chi connectivity index (χ4n) is 2.90. The van der Waals surface area contributed by atoms with Crippen molar-refractivity contribution >= 4 is 15.9 Å². The van der Waals surface area contributed by atoms with E-state index in [1.165, 1.54) is 45.6 Å². The molecule has 0 unspecified atom stereocenters. The third-order valence-corrected chi connectivity index (χ3v) is 6.43. The summed E-state index contributed by atoms with van der Waals surface area (Å²) < 4.78 is 53.2. The Morgan fingerprint density at radius 2 is 1.50 bits per heavy atom. The number of rotatable bonds is 3. The molecule has 8 heteroatoms. The van der Waals surface area contributed by atoms with Crippen molar-refractivity contribution in [2.24, 2.45) is 0 Å². The highest BCUT2D eigenvalue weighted by molar-refractivity contribution is 7.89.